The van der Waals surface area contributed by atoms with E-state index in [2.05, 4.69) is 10.8 Å². The fourth-order valence-corrected chi connectivity index (χ4v) is 2.28. The molecule has 108 valence electrons. The number of nitriles is 1. The summed E-state index contributed by atoms with van der Waals surface area (Å²) in [5, 5.41) is 9.61. The average Bonchev–Trinajstić information content (AvgIpc) is 2.51. The van der Waals surface area contributed by atoms with Gasteiger partial charge in [-0.2, -0.15) is 5.26 Å². The highest BCUT2D eigenvalue weighted by atomic mass is 16.5. The molecule has 0 fully saturated rings. The summed E-state index contributed by atoms with van der Waals surface area (Å²) in [5.74, 6) is 0.502. The van der Waals surface area contributed by atoms with Crippen molar-refractivity contribution in [3.8, 4) is 11.8 Å². The monoisotopic (exact) mass is 275 g/mol. The summed E-state index contributed by atoms with van der Waals surface area (Å²) in [5.41, 5.74) is 0.356. The van der Waals surface area contributed by atoms with Gasteiger partial charge in [0.05, 0.1) is 25.7 Å². The van der Waals surface area contributed by atoms with E-state index in [1.165, 1.54) is 7.11 Å². The van der Waals surface area contributed by atoms with Crippen molar-refractivity contribution in [1.29, 1.82) is 5.26 Å². The van der Waals surface area contributed by atoms with Crippen LogP contribution in [0.4, 0.5) is 0 Å². The van der Waals surface area contributed by atoms with E-state index in [1.54, 1.807) is 7.11 Å². The van der Waals surface area contributed by atoms with Crippen LogP contribution in [-0.4, -0.2) is 20.2 Å². The van der Waals surface area contributed by atoms with Crippen LogP contribution >= 0.6 is 0 Å². The standard InChI is InChI=1S/C16H21NO3/c1-4-16(12-17,10-6-9-15(18)20-3)13-7-5-8-14(11-13)19-2/h5,7-8,11H,4,6,9-10H2,1-3H3. The van der Waals surface area contributed by atoms with Crippen LogP contribution in [0.1, 0.15) is 38.2 Å². The van der Waals surface area contributed by atoms with Gasteiger partial charge >= 0.3 is 5.97 Å². The van der Waals surface area contributed by atoms with Gasteiger partial charge in [0.1, 0.15) is 5.75 Å². The number of hydrogen-bond donors (Lipinski definition) is 0. The summed E-state index contributed by atoms with van der Waals surface area (Å²) >= 11 is 0. The number of nitrogens with zero attached hydrogens (tertiary/aromatic N) is 1. The Morgan fingerprint density at radius 3 is 2.70 bits per heavy atom. The molecule has 1 rings (SSSR count). The van der Waals surface area contributed by atoms with Crippen molar-refractivity contribution in [3.05, 3.63) is 29.8 Å². The van der Waals surface area contributed by atoms with Crippen molar-refractivity contribution in [2.24, 2.45) is 0 Å². The predicted molar refractivity (Wildman–Crippen MR) is 76.4 cm³/mol. The van der Waals surface area contributed by atoms with Crippen molar-refractivity contribution in [2.75, 3.05) is 14.2 Å². The molecule has 0 radical (unpaired) electrons. The highest BCUT2D eigenvalue weighted by Crippen LogP contribution is 2.34. The molecule has 1 unspecified atom stereocenters. The van der Waals surface area contributed by atoms with Gasteiger partial charge in [-0.25, -0.2) is 0 Å². The van der Waals surface area contributed by atoms with Gasteiger partial charge in [-0.15, -0.1) is 0 Å². The molecule has 0 saturated carbocycles. The Balaban J connectivity index is 2.90. The number of esters is 1. The summed E-state index contributed by atoms with van der Waals surface area (Å²) in [6, 6.07) is 9.99. The second kappa shape index (κ2) is 7.54. The molecule has 0 bridgehead atoms. The number of benzene rings is 1. The van der Waals surface area contributed by atoms with Crippen LogP contribution in [0.25, 0.3) is 0 Å². The molecule has 4 nitrogen and oxygen atoms in total. The van der Waals surface area contributed by atoms with E-state index in [0.717, 1.165) is 11.3 Å². The highest BCUT2D eigenvalue weighted by molar-refractivity contribution is 5.69. The van der Waals surface area contributed by atoms with Crippen LogP contribution in [0.15, 0.2) is 24.3 Å². The quantitative estimate of drug-likeness (QED) is 0.717. The molecule has 0 aromatic heterocycles. The first kappa shape index (κ1) is 16.0. The van der Waals surface area contributed by atoms with E-state index in [1.807, 2.05) is 31.2 Å². The lowest BCUT2D eigenvalue weighted by Crippen LogP contribution is -2.23. The SMILES string of the molecule is CCC(C#N)(CCCC(=O)OC)c1cccc(OC)c1. The molecule has 20 heavy (non-hydrogen) atoms. The predicted octanol–water partition coefficient (Wildman–Crippen LogP) is 3.21. The lowest BCUT2D eigenvalue weighted by molar-refractivity contribution is -0.140. The Bertz CT molecular complexity index is 493. The first-order chi connectivity index (χ1) is 9.61. The van der Waals surface area contributed by atoms with Gasteiger partial charge in [-0.05, 0) is 37.0 Å². The number of ether oxygens (including phenoxy) is 2. The summed E-state index contributed by atoms with van der Waals surface area (Å²) in [4.78, 5) is 11.2. The highest BCUT2D eigenvalue weighted by Gasteiger charge is 2.30. The second-order valence-corrected chi connectivity index (χ2v) is 4.71. The van der Waals surface area contributed by atoms with Crippen LogP contribution in [0.5, 0.6) is 5.75 Å². The molecule has 0 saturated heterocycles. The average molecular weight is 275 g/mol. The first-order valence-corrected chi connectivity index (χ1v) is 6.74. The van der Waals surface area contributed by atoms with Crippen LogP contribution < -0.4 is 4.74 Å². The Kier molecular flexibility index (Phi) is 6.05. The summed E-state index contributed by atoms with van der Waals surface area (Å²) in [6.07, 6.45) is 2.29. The smallest absolute Gasteiger partial charge is 0.305 e. The van der Waals surface area contributed by atoms with E-state index in [4.69, 9.17) is 4.74 Å². The van der Waals surface area contributed by atoms with Crippen LogP contribution in [-0.2, 0) is 14.9 Å². The summed E-state index contributed by atoms with van der Waals surface area (Å²) in [7, 11) is 2.98. The first-order valence-electron chi connectivity index (χ1n) is 6.74. The molecule has 1 aromatic rings. The Labute approximate surface area is 120 Å². The maximum atomic E-state index is 11.2. The van der Waals surface area contributed by atoms with Crippen molar-refractivity contribution in [2.45, 2.75) is 38.0 Å². The molecular formula is C16H21NO3. The molecule has 0 aliphatic rings. The third-order valence-corrected chi connectivity index (χ3v) is 3.65. The normalized spacial score (nSPS) is 13.1. The zero-order valence-electron chi connectivity index (χ0n) is 12.3. The molecule has 0 heterocycles. The Morgan fingerprint density at radius 1 is 1.40 bits per heavy atom. The molecule has 0 aliphatic carbocycles. The molecule has 0 aliphatic heterocycles. The van der Waals surface area contributed by atoms with Crippen LogP contribution in [0.3, 0.4) is 0 Å². The number of rotatable bonds is 7. The molecule has 1 aromatic carbocycles. The van der Waals surface area contributed by atoms with E-state index in [-0.39, 0.29) is 5.97 Å². The number of carbonyl (C=O) groups is 1. The minimum Gasteiger partial charge on any atom is -0.497 e. The van der Waals surface area contributed by atoms with E-state index in [0.29, 0.717) is 25.7 Å². The maximum Gasteiger partial charge on any atom is 0.305 e. The third kappa shape index (κ3) is 3.74. The molecular weight excluding hydrogens is 254 g/mol. The van der Waals surface area contributed by atoms with Gasteiger partial charge in [0.2, 0.25) is 0 Å². The fourth-order valence-electron chi connectivity index (χ4n) is 2.28. The lowest BCUT2D eigenvalue weighted by atomic mass is 9.75. The second-order valence-electron chi connectivity index (χ2n) is 4.71. The molecule has 0 amide bonds. The molecule has 4 heteroatoms. The molecule has 0 spiro atoms. The minimum absolute atomic E-state index is 0.237. The maximum absolute atomic E-state index is 11.2. The zero-order chi connectivity index (χ0) is 15.0. The van der Waals surface area contributed by atoms with E-state index >= 15 is 0 Å². The Morgan fingerprint density at radius 2 is 2.15 bits per heavy atom. The lowest BCUT2D eigenvalue weighted by Gasteiger charge is -2.26. The zero-order valence-corrected chi connectivity index (χ0v) is 12.3. The van der Waals surface area contributed by atoms with Crippen LogP contribution in [0, 0.1) is 11.3 Å². The topological polar surface area (TPSA) is 59.3 Å². The van der Waals surface area contributed by atoms with Gasteiger partial charge in [0.25, 0.3) is 0 Å². The Hall–Kier alpha value is -2.02. The van der Waals surface area contributed by atoms with E-state index in [9.17, 15) is 10.1 Å². The van der Waals surface area contributed by atoms with Crippen molar-refractivity contribution in [1.82, 2.24) is 0 Å². The largest absolute Gasteiger partial charge is 0.497 e. The molecule has 0 N–H and O–H groups in total. The van der Waals surface area contributed by atoms with Crippen LogP contribution in [0.2, 0.25) is 0 Å². The molecule has 1 atom stereocenters. The van der Waals surface area contributed by atoms with Gasteiger partial charge in [0, 0.05) is 6.42 Å². The number of hydrogen-bond acceptors (Lipinski definition) is 4. The van der Waals surface area contributed by atoms with Gasteiger partial charge in [0.15, 0.2) is 0 Å². The summed E-state index contributed by atoms with van der Waals surface area (Å²) < 4.78 is 9.85. The number of methoxy groups -OCH3 is 2. The fraction of sp³-hybridized carbons (Fsp3) is 0.500. The number of carbonyl (C=O) groups excluding carboxylic acids is 1. The van der Waals surface area contributed by atoms with Gasteiger partial charge in [-0.1, -0.05) is 19.1 Å². The van der Waals surface area contributed by atoms with Gasteiger partial charge < -0.3 is 9.47 Å². The van der Waals surface area contributed by atoms with Crippen molar-refractivity contribution < 1.29 is 14.3 Å². The third-order valence-electron chi connectivity index (χ3n) is 3.65. The van der Waals surface area contributed by atoms with Crippen molar-refractivity contribution in [3.63, 3.8) is 0 Å². The van der Waals surface area contributed by atoms with E-state index < -0.39 is 5.41 Å². The van der Waals surface area contributed by atoms with Gasteiger partial charge in [-0.3, -0.25) is 4.79 Å². The minimum atomic E-state index is -0.581. The summed E-state index contributed by atoms with van der Waals surface area (Å²) in [6.45, 7) is 1.99. The van der Waals surface area contributed by atoms with Crippen molar-refractivity contribution >= 4 is 5.97 Å².